The average Bonchev–Trinajstić information content (AvgIpc) is 2.44. The van der Waals surface area contributed by atoms with Crippen LogP contribution in [0.4, 0.5) is 13.2 Å². The molecule has 0 N–H and O–H groups in total. The van der Waals surface area contributed by atoms with Gasteiger partial charge in [0.1, 0.15) is 5.57 Å². The maximum Gasteiger partial charge on any atom is 0.416 e. The summed E-state index contributed by atoms with van der Waals surface area (Å²) >= 11 is 1.17. The monoisotopic (exact) mass is 332 g/mol. The van der Waals surface area contributed by atoms with Gasteiger partial charge in [-0.25, -0.2) is 4.79 Å². The summed E-state index contributed by atoms with van der Waals surface area (Å²) in [5.74, 6) is -1.50. The van der Waals surface area contributed by atoms with Crippen molar-refractivity contribution >= 4 is 29.6 Å². The van der Waals surface area contributed by atoms with Gasteiger partial charge in [0, 0.05) is 0 Å². The number of esters is 1. The molecular weight excluding hydrogens is 317 g/mol. The molecule has 7 heteroatoms. The standard InChI is InChI=1S/C15H15F3O3S/c1-3-21-14(20)11(13(19)9-22-2)8-10-6-4-5-7-12(10)15(16,17)18/h4-8H,3,9H2,1-2H3. The molecule has 1 rings (SSSR count). The highest BCUT2D eigenvalue weighted by molar-refractivity contribution is 7.99. The summed E-state index contributed by atoms with van der Waals surface area (Å²) in [4.78, 5) is 23.8. The van der Waals surface area contributed by atoms with Gasteiger partial charge in [-0.05, 0) is 30.9 Å². The average molecular weight is 332 g/mol. The number of benzene rings is 1. The molecule has 0 fully saturated rings. The van der Waals surface area contributed by atoms with Crippen molar-refractivity contribution in [1.82, 2.24) is 0 Å². The maximum atomic E-state index is 13.0. The van der Waals surface area contributed by atoms with E-state index in [1.165, 1.54) is 30.0 Å². The fraction of sp³-hybridized carbons (Fsp3) is 0.333. The van der Waals surface area contributed by atoms with Crippen molar-refractivity contribution in [1.29, 1.82) is 0 Å². The van der Waals surface area contributed by atoms with Crippen molar-refractivity contribution in [2.75, 3.05) is 18.6 Å². The Labute approximate surface area is 130 Å². The van der Waals surface area contributed by atoms with Crippen molar-refractivity contribution < 1.29 is 27.5 Å². The summed E-state index contributed by atoms with van der Waals surface area (Å²) < 4.78 is 43.6. The van der Waals surface area contributed by atoms with Crippen LogP contribution in [0, 0.1) is 0 Å². The van der Waals surface area contributed by atoms with Crippen LogP contribution in [0.5, 0.6) is 0 Å². The van der Waals surface area contributed by atoms with Gasteiger partial charge < -0.3 is 4.74 Å². The molecule has 1 aromatic carbocycles. The third-order valence-corrected chi connectivity index (χ3v) is 3.19. The van der Waals surface area contributed by atoms with Crippen LogP contribution in [0.25, 0.3) is 6.08 Å². The molecule has 0 radical (unpaired) electrons. The zero-order valence-corrected chi connectivity index (χ0v) is 12.9. The molecule has 0 saturated heterocycles. The van der Waals surface area contributed by atoms with Gasteiger partial charge in [0.05, 0.1) is 17.9 Å². The summed E-state index contributed by atoms with van der Waals surface area (Å²) in [5.41, 5.74) is -1.53. The Balaban J connectivity index is 3.34. The van der Waals surface area contributed by atoms with Gasteiger partial charge in [0.25, 0.3) is 0 Å². The SMILES string of the molecule is CCOC(=O)C(=Cc1ccccc1C(F)(F)F)C(=O)CSC. The predicted octanol–water partition coefficient (Wildman–Crippen LogP) is 3.58. The Morgan fingerprint density at radius 2 is 1.91 bits per heavy atom. The molecule has 0 aliphatic carbocycles. The summed E-state index contributed by atoms with van der Waals surface area (Å²) in [5, 5.41) is 0. The Bertz CT molecular complexity index is 560. The van der Waals surface area contributed by atoms with E-state index in [1.54, 1.807) is 13.2 Å². The summed E-state index contributed by atoms with van der Waals surface area (Å²) in [7, 11) is 0. The van der Waals surface area contributed by atoms with E-state index in [0.29, 0.717) is 0 Å². The van der Waals surface area contributed by atoms with Crippen LogP contribution >= 0.6 is 11.8 Å². The number of Topliss-reactive ketones (excluding diaryl/α,β-unsaturated/α-hetero) is 1. The molecule has 3 nitrogen and oxygen atoms in total. The van der Waals surface area contributed by atoms with Crippen LogP contribution < -0.4 is 0 Å². The van der Waals surface area contributed by atoms with Crippen molar-refractivity contribution in [3.8, 4) is 0 Å². The number of carbonyl (C=O) groups excluding carboxylic acids is 2. The molecule has 120 valence electrons. The van der Waals surface area contributed by atoms with Gasteiger partial charge in [-0.1, -0.05) is 18.2 Å². The first-order valence-corrected chi connectivity index (χ1v) is 7.77. The Kier molecular flexibility index (Phi) is 6.67. The number of hydrogen-bond acceptors (Lipinski definition) is 4. The highest BCUT2D eigenvalue weighted by atomic mass is 32.2. The molecule has 0 atom stereocenters. The van der Waals surface area contributed by atoms with Gasteiger partial charge in [0.2, 0.25) is 0 Å². The molecule has 0 amide bonds. The van der Waals surface area contributed by atoms with Crippen molar-refractivity contribution in [2.24, 2.45) is 0 Å². The molecule has 0 unspecified atom stereocenters. The van der Waals surface area contributed by atoms with Crippen LogP contribution in [-0.2, 0) is 20.5 Å². The summed E-state index contributed by atoms with van der Waals surface area (Å²) in [6.45, 7) is 1.59. The molecule has 0 bridgehead atoms. The third kappa shape index (κ3) is 4.91. The van der Waals surface area contributed by atoms with Crippen molar-refractivity contribution in [2.45, 2.75) is 13.1 Å². The smallest absolute Gasteiger partial charge is 0.416 e. The second-order valence-corrected chi connectivity index (χ2v) is 5.09. The molecular formula is C15H15F3O3S. The number of halogens is 3. The van der Waals surface area contributed by atoms with E-state index in [9.17, 15) is 22.8 Å². The topological polar surface area (TPSA) is 43.4 Å². The van der Waals surface area contributed by atoms with Gasteiger partial charge >= 0.3 is 12.1 Å². The normalized spacial score (nSPS) is 12.1. The zero-order valence-electron chi connectivity index (χ0n) is 12.1. The number of ether oxygens (including phenoxy) is 1. The number of carbonyl (C=O) groups is 2. The fourth-order valence-corrected chi connectivity index (χ4v) is 2.13. The van der Waals surface area contributed by atoms with E-state index in [0.717, 1.165) is 12.1 Å². The predicted molar refractivity (Wildman–Crippen MR) is 79.4 cm³/mol. The quantitative estimate of drug-likeness (QED) is 0.346. The Morgan fingerprint density at radius 3 is 2.45 bits per heavy atom. The van der Waals surface area contributed by atoms with Crippen LogP contribution in [0.15, 0.2) is 29.8 Å². The Hall–Kier alpha value is -1.76. The van der Waals surface area contributed by atoms with E-state index < -0.39 is 23.5 Å². The van der Waals surface area contributed by atoms with E-state index in [-0.39, 0.29) is 23.5 Å². The minimum absolute atomic E-state index is 0.0150. The van der Waals surface area contributed by atoms with Crippen LogP contribution in [-0.4, -0.2) is 30.4 Å². The minimum Gasteiger partial charge on any atom is -0.462 e. The molecule has 0 saturated carbocycles. The van der Waals surface area contributed by atoms with Gasteiger partial charge in [-0.2, -0.15) is 24.9 Å². The van der Waals surface area contributed by atoms with Gasteiger partial charge in [-0.15, -0.1) is 0 Å². The lowest BCUT2D eigenvalue weighted by Gasteiger charge is -2.11. The van der Waals surface area contributed by atoms with Crippen LogP contribution in [0.1, 0.15) is 18.1 Å². The Morgan fingerprint density at radius 1 is 1.27 bits per heavy atom. The van der Waals surface area contributed by atoms with Gasteiger partial charge in [-0.3, -0.25) is 4.79 Å². The van der Waals surface area contributed by atoms with Gasteiger partial charge in [0.15, 0.2) is 5.78 Å². The number of rotatable bonds is 6. The third-order valence-electron chi connectivity index (χ3n) is 2.64. The molecule has 0 aliphatic rings. The zero-order chi connectivity index (χ0) is 16.8. The highest BCUT2D eigenvalue weighted by Gasteiger charge is 2.33. The van der Waals surface area contributed by atoms with E-state index in [1.807, 2.05) is 0 Å². The molecule has 0 spiro atoms. The number of thioether (sulfide) groups is 1. The highest BCUT2D eigenvalue weighted by Crippen LogP contribution is 2.33. The second-order valence-electron chi connectivity index (χ2n) is 4.22. The number of alkyl halides is 3. The van der Waals surface area contributed by atoms with Crippen LogP contribution in [0.3, 0.4) is 0 Å². The maximum absolute atomic E-state index is 13.0. The largest absolute Gasteiger partial charge is 0.462 e. The summed E-state index contributed by atoms with van der Waals surface area (Å²) in [6.07, 6.45) is -1.97. The number of hydrogen-bond donors (Lipinski definition) is 0. The molecule has 22 heavy (non-hydrogen) atoms. The van der Waals surface area contributed by atoms with Crippen molar-refractivity contribution in [3.63, 3.8) is 0 Å². The van der Waals surface area contributed by atoms with Crippen LogP contribution in [0.2, 0.25) is 0 Å². The lowest BCUT2D eigenvalue weighted by Crippen LogP contribution is -2.18. The lowest BCUT2D eigenvalue weighted by atomic mass is 10.0. The first-order chi connectivity index (χ1) is 10.3. The van der Waals surface area contributed by atoms with E-state index in [2.05, 4.69) is 0 Å². The molecule has 1 aromatic rings. The van der Waals surface area contributed by atoms with E-state index in [4.69, 9.17) is 4.74 Å². The van der Waals surface area contributed by atoms with Crippen molar-refractivity contribution in [3.05, 3.63) is 41.0 Å². The molecule has 0 heterocycles. The first kappa shape index (κ1) is 18.3. The minimum atomic E-state index is -4.57. The lowest BCUT2D eigenvalue weighted by molar-refractivity contribution is -0.140. The fourth-order valence-electron chi connectivity index (χ4n) is 1.71. The van der Waals surface area contributed by atoms with E-state index >= 15 is 0 Å². The molecule has 0 aromatic heterocycles. The summed E-state index contributed by atoms with van der Waals surface area (Å²) in [6, 6.07) is 4.75. The first-order valence-electron chi connectivity index (χ1n) is 6.38. The number of ketones is 1. The second kappa shape index (κ2) is 8.03. The molecule has 0 aliphatic heterocycles.